The lowest BCUT2D eigenvalue weighted by atomic mass is 10.1. The molecule has 0 saturated carbocycles. The summed E-state index contributed by atoms with van der Waals surface area (Å²) < 4.78 is 5.89. The van der Waals surface area contributed by atoms with Crippen molar-refractivity contribution in [3.8, 4) is 17.0 Å². The summed E-state index contributed by atoms with van der Waals surface area (Å²) in [6, 6.07) is 16.9. The second-order valence-electron chi connectivity index (χ2n) is 7.60. The molecule has 156 valence electrons. The van der Waals surface area contributed by atoms with Crippen molar-refractivity contribution in [1.82, 2.24) is 15.1 Å². The van der Waals surface area contributed by atoms with Gasteiger partial charge >= 0.3 is 0 Å². The molecular weight excluding hydrogens is 376 g/mol. The van der Waals surface area contributed by atoms with Crippen molar-refractivity contribution < 1.29 is 9.53 Å². The maximum atomic E-state index is 12.7. The Bertz CT molecular complexity index is 930. The minimum absolute atomic E-state index is 0.155. The lowest BCUT2D eigenvalue weighted by molar-refractivity contribution is 0.102. The van der Waals surface area contributed by atoms with Crippen LogP contribution in [0.3, 0.4) is 0 Å². The van der Waals surface area contributed by atoms with E-state index in [9.17, 15) is 4.79 Å². The number of carbonyl (C=O) groups excluding carboxylic acids is 1. The molecule has 2 N–H and O–H groups in total. The summed E-state index contributed by atoms with van der Waals surface area (Å²) in [5, 5.41) is 9.92. The highest BCUT2D eigenvalue weighted by atomic mass is 16.5. The van der Waals surface area contributed by atoms with E-state index in [1.165, 1.54) is 38.8 Å². The summed E-state index contributed by atoms with van der Waals surface area (Å²) in [6.07, 6.45) is 6.95. The summed E-state index contributed by atoms with van der Waals surface area (Å²) in [6.45, 7) is 3.96. The molecule has 2 aromatic carbocycles. The van der Waals surface area contributed by atoms with Crippen LogP contribution in [0.4, 0.5) is 5.69 Å². The van der Waals surface area contributed by atoms with Crippen molar-refractivity contribution in [1.29, 1.82) is 0 Å². The van der Waals surface area contributed by atoms with Crippen LogP contribution in [0.1, 0.15) is 36.0 Å². The maximum absolute atomic E-state index is 12.7. The molecule has 6 nitrogen and oxygen atoms in total. The number of likely N-dealkylation sites (tertiary alicyclic amines) is 1. The van der Waals surface area contributed by atoms with E-state index in [1.807, 2.05) is 42.5 Å². The zero-order valence-electron chi connectivity index (χ0n) is 17.1. The maximum Gasteiger partial charge on any atom is 0.255 e. The Morgan fingerprint density at radius 1 is 1.00 bits per heavy atom. The van der Waals surface area contributed by atoms with Crippen molar-refractivity contribution in [2.24, 2.45) is 0 Å². The molecule has 0 radical (unpaired) electrons. The Labute approximate surface area is 177 Å². The van der Waals surface area contributed by atoms with E-state index < -0.39 is 0 Å². The number of ether oxygens (including phenoxy) is 1. The minimum atomic E-state index is -0.155. The van der Waals surface area contributed by atoms with Gasteiger partial charge in [-0.2, -0.15) is 5.10 Å². The molecule has 3 aromatic rings. The van der Waals surface area contributed by atoms with Crippen LogP contribution in [-0.4, -0.2) is 47.2 Å². The summed E-state index contributed by atoms with van der Waals surface area (Å²) in [5.74, 6) is 0.636. The normalized spacial score (nSPS) is 14.8. The molecule has 0 aliphatic carbocycles. The molecule has 0 spiro atoms. The first-order valence-electron chi connectivity index (χ1n) is 10.6. The van der Waals surface area contributed by atoms with Crippen molar-refractivity contribution in [3.63, 3.8) is 0 Å². The van der Waals surface area contributed by atoms with Gasteiger partial charge in [0.05, 0.1) is 11.4 Å². The van der Waals surface area contributed by atoms with Gasteiger partial charge in [0.25, 0.3) is 5.91 Å². The van der Waals surface area contributed by atoms with Crippen molar-refractivity contribution >= 4 is 11.6 Å². The predicted molar refractivity (Wildman–Crippen MR) is 119 cm³/mol. The zero-order valence-corrected chi connectivity index (χ0v) is 17.1. The Morgan fingerprint density at radius 3 is 2.50 bits per heavy atom. The lowest BCUT2D eigenvalue weighted by Gasteiger charge is -2.19. The van der Waals surface area contributed by atoms with Gasteiger partial charge in [0.1, 0.15) is 12.4 Å². The van der Waals surface area contributed by atoms with Crippen LogP contribution in [0, 0.1) is 0 Å². The summed E-state index contributed by atoms with van der Waals surface area (Å²) >= 11 is 0. The summed E-state index contributed by atoms with van der Waals surface area (Å²) in [7, 11) is 0. The topological polar surface area (TPSA) is 70.2 Å². The van der Waals surface area contributed by atoms with Gasteiger partial charge < -0.3 is 10.1 Å². The highest BCUT2D eigenvalue weighted by molar-refractivity contribution is 6.06. The fourth-order valence-electron chi connectivity index (χ4n) is 3.78. The molecule has 1 aromatic heterocycles. The summed E-state index contributed by atoms with van der Waals surface area (Å²) in [5.41, 5.74) is 3.09. The minimum Gasteiger partial charge on any atom is -0.492 e. The number of H-pyrrole nitrogens is 1. The molecule has 1 aliphatic rings. The Morgan fingerprint density at radius 2 is 1.77 bits per heavy atom. The average molecular weight is 405 g/mol. The zero-order chi connectivity index (χ0) is 20.6. The number of aromatic nitrogens is 2. The number of amides is 1. The molecule has 1 fully saturated rings. The number of rotatable bonds is 7. The second kappa shape index (κ2) is 10.1. The van der Waals surface area contributed by atoms with Gasteiger partial charge in [0.15, 0.2) is 0 Å². The molecule has 0 unspecified atom stereocenters. The number of hydrogen-bond donors (Lipinski definition) is 2. The van der Waals surface area contributed by atoms with E-state index >= 15 is 0 Å². The molecule has 0 atom stereocenters. The number of anilines is 1. The lowest BCUT2D eigenvalue weighted by Crippen LogP contribution is -2.29. The molecule has 1 saturated heterocycles. The van der Waals surface area contributed by atoms with Crippen molar-refractivity contribution in [2.45, 2.75) is 25.7 Å². The quantitative estimate of drug-likeness (QED) is 0.605. The number of hydrogen-bond acceptors (Lipinski definition) is 4. The molecular formula is C24H28N4O2. The number of benzene rings is 2. The monoisotopic (exact) mass is 404 g/mol. The molecule has 1 aliphatic heterocycles. The molecule has 30 heavy (non-hydrogen) atoms. The van der Waals surface area contributed by atoms with Crippen LogP contribution in [-0.2, 0) is 0 Å². The van der Waals surface area contributed by atoms with Crippen LogP contribution in [0.15, 0.2) is 60.8 Å². The van der Waals surface area contributed by atoms with Crippen molar-refractivity contribution in [3.05, 3.63) is 66.4 Å². The van der Waals surface area contributed by atoms with Gasteiger partial charge in [-0.05, 0) is 62.3 Å². The van der Waals surface area contributed by atoms with E-state index in [-0.39, 0.29) is 5.91 Å². The fraction of sp³-hybridized carbons (Fsp3) is 0.333. The molecule has 2 heterocycles. The Kier molecular flexibility index (Phi) is 6.77. The SMILES string of the molecule is O=C(Nc1ccccc1-c1ccn[nH]1)c1ccc(OCCN2CCCCCC2)cc1. The number of nitrogens with zero attached hydrogens (tertiary/aromatic N) is 2. The largest absolute Gasteiger partial charge is 0.492 e. The van der Waals surface area contributed by atoms with Crippen LogP contribution in [0.5, 0.6) is 5.75 Å². The van der Waals surface area contributed by atoms with Gasteiger partial charge in [-0.1, -0.05) is 31.0 Å². The van der Waals surface area contributed by atoms with Gasteiger partial charge in [0.2, 0.25) is 0 Å². The van der Waals surface area contributed by atoms with Crippen LogP contribution in [0.2, 0.25) is 0 Å². The summed E-state index contributed by atoms with van der Waals surface area (Å²) in [4.78, 5) is 15.2. The number of para-hydroxylation sites is 1. The first-order valence-corrected chi connectivity index (χ1v) is 10.6. The van der Waals surface area contributed by atoms with Crippen LogP contribution < -0.4 is 10.1 Å². The standard InChI is InChI=1S/C24H28N4O2/c29-24(26-22-8-4-3-7-21(22)23-13-14-25-27-23)19-9-11-20(12-10-19)30-18-17-28-15-5-1-2-6-16-28/h3-4,7-14H,1-2,5-6,15-18H2,(H,25,27)(H,26,29). The third-order valence-corrected chi connectivity index (χ3v) is 5.46. The number of nitrogens with one attached hydrogen (secondary N) is 2. The average Bonchev–Trinajstić information content (AvgIpc) is 3.19. The highest BCUT2D eigenvalue weighted by Crippen LogP contribution is 2.26. The highest BCUT2D eigenvalue weighted by Gasteiger charge is 2.12. The molecule has 4 rings (SSSR count). The number of carbonyl (C=O) groups is 1. The fourth-order valence-corrected chi connectivity index (χ4v) is 3.78. The van der Waals surface area contributed by atoms with Gasteiger partial charge in [0, 0.05) is 23.9 Å². The van der Waals surface area contributed by atoms with Crippen LogP contribution >= 0.6 is 0 Å². The predicted octanol–water partition coefficient (Wildman–Crippen LogP) is 4.58. The van der Waals surface area contributed by atoms with Gasteiger partial charge in [-0.15, -0.1) is 0 Å². The first-order chi connectivity index (χ1) is 14.8. The van der Waals surface area contributed by atoms with E-state index in [0.717, 1.165) is 29.2 Å². The molecule has 1 amide bonds. The second-order valence-corrected chi connectivity index (χ2v) is 7.60. The van der Waals surface area contributed by atoms with Crippen molar-refractivity contribution in [2.75, 3.05) is 31.6 Å². The van der Waals surface area contributed by atoms with Gasteiger partial charge in [-0.25, -0.2) is 0 Å². The third-order valence-electron chi connectivity index (χ3n) is 5.46. The van der Waals surface area contributed by atoms with Crippen LogP contribution in [0.25, 0.3) is 11.3 Å². The van der Waals surface area contributed by atoms with E-state index in [2.05, 4.69) is 20.4 Å². The third kappa shape index (κ3) is 5.27. The Hall–Kier alpha value is -3.12. The molecule has 6 heteroatoms. The van der Waals surface area contributed by atoms with E-state index in [1.54, 1.807) is 18.3 Å². The first kappa shape index (κ1) is 20.2. The van der Waals surface area contributed by atoms with E-state index in [0.29, 0.717) is 12.2 Å². The number of aromatic amines is 1. The smallest absolute Gasteiger partial charge is 0.255 e. The van der Waals surface area contributed by atoms with E-state index in [4.69, 9.17) is 4.74 Å². The molecule has 0 bridgehead atoms. The van der Waals surface area contributed by atoms with Gasteiger partial charge in [-0.3, -0.25) is 14.8 Å². The Balaban J connectivity index is 1.32.